The highest BCUT2D eigenvalue weighted by molar-refractivity contribution is 5.32. The monoisotopic (exact) mass is 284 g/mol. The zero-order valence-corrected chi connectivity index (χ0v) is 13.1. The Kier molecular flexibility index (Phi) is 5.76. The predicted octanol–water partition coefficient (Wildman–Crippen LogP) is 4.50. The van der Waals surface area contributed by atoms with Gasteiger partial charge in [0, 0.05) is 18.8 Å². The molecule has 2 aromatic rings. The molecule has 0 spiro atoms. The zero-order valence-electron chi connectivity index (χ0n) is 13.1. The lowest BCUT2D eigenvalue weighted by Crippen LogP contribution is -2.13. The third-order valence-electron chi connectivity index (χ3n) is 3.32. The van der Waals surface area contributed by atoms with Crippen LogP contribution in [0.4, 0.5) is 0 Å². The number of ether oxygens (including phenoxy) is 1. The Morgan fingerprint density at radius 1 is 1.14 bits per heavy atom. The van der Waals surface area contributed by atoms with Crippen LogP contribution in [0.1, 0.15) is 44.2 Å². The van der Waals surface area contributed by atoms with Crippen LogP contribution in [0.25, 0.3) is 0 Å². The van der Waals surface area contributed by atoms with Gasteiger partial charge in [-0.2, -0.15) is 0 Å². The Labute approximate surface area is 127 Å². The summed E-state index contributed by atoms with van der Waals surface area (Å²) in [6.07, 6.45) is 2.93. The molecule has 2 rings (SSSR count). The first kappa shape index (κ1) is 15.5. The molecule has 0 amide bonds. The molecule has 0 unspecified atom stereocenters. The number of hydrogen-bond donors (Lipinski definition) is 1. The lowest BCUT2D eigenvalue weighted by Gasteiger charge is -2.09. The number of benzene rings is 1. The summed E-state index contributed by atoms with van der Waals surface area (Å²) in [6.45, 7) is 8.40. The predicted molar refractivity (Wildman–Crippen MR) is 86.8 cm³/mol. The molecule has 0 aliphatic rings. The summed E-state index contributed by atoms with van der Waals surface area (Å²) < 4.78 is 5.82. The topological polar surface area (TPSA) is 34.2 Å². The molecule has 0 aliphatic heterocycles. The van der Waals surface area contributed by atoms with Crippen LogP contribution in [0, 0.1) is 0 Å². The van der Waals surface area contributed by atoms with E-state index < -0.39 is 0 Å². The molecule has 0 saturated heterocycles. The van der Waals surface area contributed by atoms with Gasteiger partial charge in [-0.15, -0.1) is 0 Å². The first-order chi connectivity index (χ1) is 10.2. The highest BCUT2D eigenvalue weighted by atomic mass is 16.5. The van der Waals surface area contributed by atoms with Crippen molar-refractivity contribution in [3.8, 4) is 11.6 Å². The molecule has 0 aliphatic carbocycles. The molecule has 1 aromatic heterocycles. The normalized spacial score (nSPS) is 10.9. The average Bonchev–Trinajstić information content (AvgIpc) is 2.48. The minimum atomic E-state index is 0.533. The van der Waals surface area contributed by atoms with E-state index in [2.05, 4.69) is 43.2 Å². The summed E-state index contributed by atoms with van der Waals surface area (Å²) in [6, 6.07) is 12.2. The number of hydrogen-bond acceptors (Lipinski definition) is 3. The molecule has 0 bridgehead atoms. The third-order valence-corrected chi connectivity index (χ3v) is 3.32. The molecule has 0 atom stereocenters. The summed E-state index contributed by atoms with van der Waals surface area (Å²) >= 11 is 0. The number of rotatable bonds is 7. The zero-order chi connectivity index (χ0) is 15.1. The smallest absolute Gasteiger partial charge is 0.219 e. The van der Waals surface area contributed by atoms with E-state index >= 15 is 0 Å². The molecule has 3 heteroatoms. The molecular formula is C18H24N2O. The fourth-order valence-corrected chi connectivity index (χ4v) is 2.07. The number of nitrogens with zero attached hydrogens (tertiary/aromatic N) is 1. The van der Waals surface area contributed by atoms with Gasteiger partial charge in [-0.1, -0.05) is 32.9 Å². The molecule has 0 fully saturated rings. The minimum absolute atomic E-state index is 0.533. The van der Waals surface area contributed by atoms with Crippen molar-refractivity contribution in [2.24, 2.45) is 0 Å². The van der Waals surface area contributed by atoms with Crippen molar-refractivity contribution in [3.63, 3.8) is 0 Å². The van der Waals surface area contributed by atoms with Gasteiger partial charge in [-0.3, -0.25) is 0 Å². The van der Waals surface area contributed by atoms with E-state index in [4.69, 9.17) is 4.74 Å². The van der Waals surface area contributed by atoms with Crippen LogP contribution in [0.15, 0.2) is 42.6 Å². The summed E-state index contributed by atoms with van der Waals surface area (Å²) in [5, 5.41) is 3.38. The van der Waals surface area contributed by atoms with Gasteiger partial charge in [0.2, 0.25) is 5.88 Å². The van der Waals surface area contributed by atoms with Crippen LogP contribution >= 0.6 is 0 Å². The van der Waals surface area contributed by atoms with Gasteiger partial charge in [0.15, 0.2) is 0 Å². The van der Waals surface area contributed by atoms with Gasteiger partial charge in [-0.25, -0.2) is 4.98 Å². The van der Waals surface area contributed by atoms with Crippen LogP contribution in [0.5, 0.6) is 11.6 Å². The van der Waals surface area contributed by atoms with Gasteiger partial charge in [0.25, 0.3) is 0 Å². The summed E-state index contributed by atoms with van der Waals surface area (Å²) in [5.74, 6) is 2.00. The van der Waals surface area contributed by atoms with Crippen LogP contribution in [0.2, 0.25) is 0 Å². The highest BCUT2D eigenvalue weighted by Crippen LogP contribution is 2.23. The SMILES string of the molecule is CCCNCc1ccnc(Oc2ccc(C(C)C)cc2)c1. The van der Waals surface area contributed by atoms with E-state index in [9.17, 15) is 0 Å². The van der Waals surface area contributed by atoms with Gasteiger partial charge >= 0.3 is 0 Å². The second-order valence-electron chi connectivity index (χ2n) is 5.50. The number of aromatic nitrogens is 1. The third kappa shape index (κ3) is 4.87. The maximum atomic E-state index is 5.82. The Hall–Kier alpha value is -1.87. The maximum absolute atomic E-state index is 5.82. The van der Waals surface area contributed by atoms with Gasteiger partial charge in [0.05, 0.1) is 0 Å². The number of nitrogens with one attached hydrogen (secondary N) is 1. The standard InChI is InChI=1S/C18H24N2O/c1-4-10-19-13-15-9-11-20-18(12-15)21-17-7-5-16(6-8-17)14(2)3/h5-9,11-12,14,19H,4,10,13H2,1-3H3. The van der Waals surface area contributed by atoms with Gasteiger partial charge in [-0.05, 0) is 48.2 Å². The van der Waals surface area contributed by atoms with Crippen LogP contribution < -0.4 is 10.1 Å². The molecule has 3 nitrogen and oxygen atoms in total. The minimum Gasteiger partial charge on any atom is -0.439 e. The summed E-state index contributed by atoms with van der Waals surface area (Å²) in [4.78, 5) is 4.27. The highest BCUT2D eigenvalue weighted by Gasteiger charge is 2.02. The molecule has 0 radical (unpaired) electrons. The molecule has 0 saturated carbocycles. The van der Waals surface area contributed by atoms with Crippen molar-refractivity contribution >= 4 is 0 Å². The molecule has 1 aromatic carbocycles. The first-order valence-corrected chi connectivity index (χ1v) is 7.62. The number of pyridine rings is 1. The van der Waals surface area contributed by atoms with Crippen molar-refractivity contribution in [2.75, 3.05) is 6.54 Å². The molecule has 112 valence electrons. The Morgan fingerprint density at radius 2 is 1.90 bits per heavy atom. The van der Waals surface area contributed by atoms with Crippen LogP contribution in [0.3, 0.4) is 0 Å². The summed E-state index contributed by atoms with van der Waals surface area (Å²) in [7, 11) is 0. The van der Waals surface area contributed by atoms with Gasteiger partial charge in [0.1, 0.15) is 5.75 Å². The second-order valence-corrected chi connectivity index (χ2v) is 5.50. The van der Waals surface area contributed by atoms with E-state index in [1.807, 2.05) is 24.3 Å². The Balaban J connectivity index is 2.00. The Bertz CT molecular complexity index is 549. The molecular weight excluding hydrogens is 260 g/mol. The van der Waals surface area contributed by atoms with E-state index in [-0.39, 0.29) is 0 Å². The molecule has 1 heterocycles. The lowest BCUT2D eigenvalue weighted by molar-refractivity contribution is 0.461. The summed E-state index contributed by atoms with van der Waals surface area (Å²) in [5.41, 5.74) is 2.50. The van der Waals surface area contributed by atoms with Crippen molar-refractivity contribution < 1.29 is 4.74 Å². The fraction of sp³-hybridized carbons (Fsp3) is 0.389. The first-order valence-electron chi connectivity index (χ1n) is 7.62. The average molecular weight is 284 g/mol. The van der Waals surface area contributed by atoms with Crippen molar-refractivity contribution in [3.05, 3.63) is 53.7 Å². The maximum Gasteiger partial charge on any atom is 0.219 e. The lowest BCUT2D eigenvalue weighted by atomic mass is 10.0. The second kappa shape index (κ2) is 7.79. The molecule has 1 N–H and O–H groups in total. The van der Waals surface area contributed by atoms with E-state index in [0.29, 0.717) is 11.8 Å². The van der Waals surface area contributed by atoms with Crippen molar-refractivity contribution in [2.45, 2.75) is 39.7 Å². The molecule has 21 heavy (non-hydrogen) atoms. The van der Waals surface area contributed by atoms with Crippen LogP contribution in [-0.4, -0.2) is 11.5 Å². The Morgan fingerprint density at radius 3 is 2.57 bits per heavy atom. The van der Waals surface area contributed by atoms with E-state index in [0.717, 1.165) is 25.3 Å². The fourth-order valence-electron chi connectivity index (χ4n) is 2.07. The van der Waals surface area contributed by atoms with Crippen LogP contribution in [-0.2, 0) is 6.54 Å². The van der Waals surface area contributed by atoms with E-state index in [1.54, 1.807) is 6.20 Å². The van der Waals surface area contributed by atoms with Crippen molar-refractivity contribution in [1.29, 1.82) is 0 Å². The van der Waals surface area contributed by atoms with E-state index in [1.165, 1.54) is 11.1 Å². The largest absolute Gasteiger partial charge is 0.439 e. The van der Waals surface area contributed by atoms with Crippen molar-refractivity contribution in [1.82, 2.24) is 10.3 Å². The quantitative estimate of drug-likeness (QED) is 0.760. The van der Waals surface area contributed by atoms with Gasteiger partial charge < -0.3 is 10.1 Å².